The van der Waals surface area contributed by atoms with Gasteiger partial charge in [-0.1, -0.05) is 64.7 Å². The van der Waals surface area contributed by atoms with Gasteiger partial charge in [-0.3, -0.25) is 0 Å². The van der Waals surface area contributed by atoms with Gasteiger partial charge in [-0.05, 0) is 12.8 Å². The lowest BCUT2D eigenvalue weighted by molar-refractivity contribution is 0.501. The summed E-state index contributed by atoms with van der Waals surface area (Å²) in [6.07, 6.45) is 19.6. The van der Waals surface area contributed by atoms with Crippen LogP contribution in [0.4, 0.5) is 0 Å². The molecule has 0 aliphatic heterocycles. The Balaban J connectivity index is 1.89. The average Bonchev–Trinajstić information content (AvgIpc) is 2.89. The average molecular weight is 293 g/mol. The van der Waals surface area contributed by atoms with E-state index in [0.29, 0.717) is 6.04 Å². The summed E-state index contributed by atoms with van der Waals surface area (Å²) < 4.78 is 2.09. The highest BCUT2D eigenvalue weighted by molar-refractivity contribution is 4.91. The summed E-state index contributed by atoms with van der Waals surface area (Å²) in [4.78, 5) is 4.35. The van der Waals surface area contributed by atoms with Crippen LogP contribution in [-0.2, 0) is 13.5 Å². The first-order valence-corrected chi connectivity index (χ1v) is 8.95. The molecule has 0 aromatic carbocycles. The van der Waals surface area contributed by atoms with Gasteiger partial charge in [-0.15, -0.1) is 0 Å². The molecule has 1 aromatic heterocycles. The van der Waals surface area contributed by atoms with Crippen LogP contribution < -0.4 is 5.73 Å². The lowest BCUT2D eigenvalue weighted by Crippen LogP contribution is -2.21. The predicted molar refractivity (Wildman–Crippen MR) is 91.3 cm³/mol. The highest BCUT2D eigenvalue weighted by atomic mass is 15.0. The van der Waals surface area contributed by atoms with Crippen molar-refractivity contribution in [2.45, 2.75) is 90.0 Å². The minimum absolute atomic E-state index is 0.339. The Morgan fingerprint density at radius 3 is 2.19 bits per heavy atom. The van der Waals surface area contributed by atoms with Gasteiger partial charge in [0.15, 0.2) is 0 Å². The third-order valence-corrected chi connectivity index (χ3v) is 4.34. The fraction of sp³-hybridized carbons (Fsp3) is 0.833. The van der Waals surface area contributed by atoms with Crippen molar-refractivity contribution in [2.24, 2.45) is 12.8 Å². The molecule has 122 valence electrons. The molecule has 0 bridgehead atoms. The first kappa shape index (κ1) is 18.2. The number of aryl methyl sites for hydroxylation is 2. The third-order valence-electron chi connectivity index (χ3n) is 4.34. The number of unbranched alkanes of at least 4 members (excludes halogenated alkanes) is 8. The molecule has 0 fully saturated rings. The highest BCUT2D eigenvalue weighted by Crippen LogP contribution is 2.12. The lowest BCUT2D eigenvalue weighted by Gasteiger charge is -2.11. The van der Waals surface area contributed by atoms with Gasteiger partial charge in [-0.25, -0.2) is 4.98 Å². The Bertz CT molecular complexity index is 346. The molecule has 1 aromatic rings. The second kappa shape index (κ2) is 11.8. The number of hydrogen-bond acceptors (Lipinski definition) is 2. The minimum atomic E-state index is 0.339. The molecular weight excluding hydrogens is 258 g/mol. The summed E-state index contributed by atoms with van der Waals surface area (Å²) in [7, 11) is 2.05. The first-order valence-electron chi connectivity index (χ1n) is 8.95. The Labute approximate surface area is 131 Å². The van der Waals surface area contributed by atoms with Crippen molar-refractivity contribution in [3.63, 3.8) is 0 Å². The fourth-order valence-electron chi connectivity index (χ4n) is 2.81. The maximum Gasteiger partial charge on any atom is 0.108 e. The Morgan fingerprint density at radius 2 is 1.62 bits per heavy atom. The van der Waals surface area contributed by atoms with Crippen molar-refractivity contribution in [3.05, 3.63) is 18.2 Å². The van der Waals surface area contributed by atoms with E-state index in [9.17, 15) is 0 Å². The van der Waals surface area contributed by atoms with Crippen molar-refractivity contribution in [2.75, 3.05) is 0 Å². The summed E-state index contributed by atoms with van der Waals surface area (Å²) >= 11 is 0. The SMILES string of the molecule is CCCCCCCCCCCC(N)CCc1nccn1C. The Morgan fingerprint density at radius 1 is 1.00 bits per heavy atom. The summed E-state index contributed by atoms with van der Waals surface area (Å²) in [5, 5.41) is 0. The second-order valence-electron chi connectivity index (χ2n) is 6.37. The van der Waals surface area contributed by atoms with E-state index in [1.165, 1.54) is 64.2 Å². The first-order chi connectivity index (χ1) is 10.2. The van der Waals surface area contributed by atoms with Gasteiger partial charge < -0.3 is 10.3 Å². The fourth-order valence-corrected chi connectivity index (χ4v) is 2.81. The van der Waals surface area contributed by atoms with Crippen LogP contribution in [0.1, 0.15) is 83.4 Å². The number of aromatic nitrogens is 2. The highest BCUT2D eigenvalue weighted by Gasteiger charge is 2.05. The van der Waals surface area contributed by atoms with Gasteiger partial charge in [-0.2, -0.15) is 0 Å². The van der Waals surface area contributed by atoms with Gasteiger partial charge in [0.2, 0.25) is 0 Å². The van der Waals surface area contributed by atoms with Crippen molar-refractivity contribution >= 4 is 0 Å². The third kappa shape index (κ3) is 8.92. The summed E-state index contributed by atoms with van der Waals surface area (Å²) in [5.74, 6) is 1.15. The van der Waals surface area contributed by atoms with Gasteiger partial charge in [0, 0.05) is 31.9 Å². The van der Waals surface area contributed by atoms with Crippen molar-refractivity contribution < 1.29 is 0 Å². The zero-order chi connectivity index (χ0) is 15.3. The topological polar surface area (TPSA) is 43.8 Å². The van der Waals surface area contributed by atoms with Crippen LogP contribution in [-0.4, -0.2) is 15.6 Å². The number of rotatable bonds is 13. The van der Waals surface area contributed by atoms with Crippen LogP contribution >= 0.6 is 0 Å². The molecule has 2 N–H and O–H groups in total. The van der Waals surface area contributed by atoms with E-state index in [1.807, 2.05) is 19.4 Å². The molecule has 3 nitrogen and oxygen atoms in total. The summed E-state index contributed by atoms with van der Waals surface area (Å²) in [6.45, 7) is 2.27. The monoisotopic (exact) mass is 293 g/mol. The van der Waals surface area contributed by atoms with Crippen LogP contribution in [0.15, 0.2) is 12.4 Å². The minimum Gasteiger partial charge on any atom is -0.338 e. The molecule has 1 rings (SSSR count). The van der Waals surface area contributed by atoms with Crippen LogP contribution in [0, 0.1) is 0 Å². The molecule has 0 saturated heterocycles. The van der Waals surface area contributed by atoms with Crippen LogP contribution in [0.25, 0.3) is 0 Å². The predicted octanol–water partition coefficient (Wildman–Crippen LogP) is 4.60. The Hall–Kier alpha value is -0.830. The quantitative estimate of drug-likeness (QED) is 0.540. The maximum absolute atomic E-state index is 6.20. The molecule has 1 atom stereocenters. The number of imidazole rings is 1. The van der Waals surface area contributed by atoms with Crippen LogP contribution in [0.3, 0.4) is 0 Å². The van der Waals surface area contributed by atoms with E-state index in [2.05, 4.69) is 16.5 Å². The zero-order valence-electron chi connectivity index (χ0n) is 14.2. The molecule has 3 heteroatoms. The number of nitrogens with two attached hydrogens (primary N) is 1. The van der Waals surface area contributed by atoms with Crippen LogP contribution in [0.2, 0.25) is 0 Å². The number of nitrogens with zero attached hydrogens (tertiary/aromatic N) is 2. The molecule has 0 aliphatic carbocycles. The normalized spacial score (nSPS) is 12.7. The lowest BCUT2D eigenvalue weighted by atomic mass is 10.0. The van der Waals surface area contributed by atoms with Gasteiger partial charge in [0.05, 0.1) is 0 Å². The van der Waals surface area contributed by atoms with E-state index in [0.717, 1.165) is 18.7 Å². The molecule has 1 unspecified atom stereocenters. The zero-order valence-corrected chi connectivity index (χ0v) is 14.2. The van der Waals surface area contributed by atoms with E-state index < -0.39 is 0 Å². The number of hydrogen-bond donors (Lipinski definition) is 1. The standard InChI is InChI=1S/C18H35N3/c1-3-4-5-6-7-8-9-10-11-12-17(19)13-14-18-20-15-16-21(18)2/h15-17H,3-14,19H2,1-2H3. The van der Waals surface area contributed by atoms with E-state index in [4.69, 9.17) is 5.73 Å². The molecule has 0 spiro atoms. The van der Waals surface area contributed by atoms with Crippen molar-refractivity contribution in [3.8, 4) is 0 Å². The smallest absolute Gasteiger partial charge is 0.108 e. The van der Waals surface area contributed by atoms with Gasteiger partial charge >= 0.3 is 0 Å². The summed E-state index contributed by atoms with van der Waals surface area (Å²) in [6, 6.07) is 0.339. The van der Waals surface area contributed by atoms with Crippen molar-refractivity contribution in [1.29, 1.82) is 0 Å². The summed E-state index contributed by atoms with van der Waals surface area (Å²) in [5.41, 5.74) is 6.20. The van der Waals surface area contributed by atoms with Crippen molar-refractivity contribution in [1.82, 2.24) is 9.55 Å². The molecule has 21 heavy (non-hydrogen) atoms. The Kier molecular flexibility index (Phi) is 10.2. The molecule has 0 aliphatic rings. The van der Waals surface area contributed by atoms with E-state index >= 15 is 0 Å². The molecule has 0 radical (unpaired) electrons. The van der Waals surface area contributed by atoms with E-state index in [1.54, 1.807) is 0 Å². The maximum atomic E-state index is 6.20. The largest absolute Gasteiger partial charge is 0.338 e. The second-order valence-corrected chi connectivity index (χ2v) is 6.37. The van der Waals surface area contributed by atoms with Gasteiger partial charge in [0.1, 0.15) is 5.82 Å². The molecule has 1 heterocycles. The van der Waals surface area contributed by atoms with Gasteiger partial charge in [0.25, 0.3) is 0 Å². The molecule has 0 amide bonds. The van der Waals surface area contributed by atoms with Crippen LogP contribution in [0.5, 0.6) is 0 Å². The molecular formula is C18H35N3. The van der Waals surface area contributed by atoms with E-state index in [-0.39, 0.29) is 0 Å². The molecule has 0 saturated carbocycles.